The van der Waals surface area contributed by atoms with E-state index in [9.17, 15) is 24.9 Å². The monoisotopic (exact) mass is 424 g/mol. The van der Waals surface area contributed by atoms with Gasteiger partial charge in [-0.1, -0.05) is 34.6 Å². The standard InChI is InChI=1S/C21H32N2O5S/c1-19(2,3)17(28)23-18-22-16-11(8-15(26)27)20(4)7-6-14(25)21(5,10-24)13(20)9-12(16)29-18/h11,13-14,24-25H,6-10H2,1-5H3,(H,26,27)(H,22,23,28)/t11-,13+,14-,20+,21+/m1/s1. The zero-order valence-electron chi connectivity index (χ0n) is 17.8. The molecule has 7 nitrogen and oxygen atoms in total. The van der Waals surface area contributed by atoms with Gasteiger partial charge in [-0.05, 0) is 30.6 Å². The number of hydrogen-bond donors (Lipinski definition) is 4. The molecule has 0 aromatic carbocycles. The van der Waals surface area contributed by atoms with Gasteiger partial charge in [0.2, 0.25) is 5.91 Å². The summed E-state index contributed by atoms with van der Waals surface area (Å²) in [5.74, 6) is -1.44. The van der Waals surface area contributed by atoms with Gasteiger partial charge in [-0.25, -0.2) is 4.98 Å². The normalized spacial score (nSPS) is 34.2. The number of fused-ring (bicyclic) bond motifs is 2. The molecule has 1 amide bonds. The molecule has 1 heterocycles. The van der Waals surface area contributed by atoms with Crippen LogP contribution in [0.1, 0.15) is 70.4 Å². The van der Waals surface area contributed by atoms with Crippen LogP contribution in [0.5, 0.6) is 0 Å². The van der Waals surface area contributed by atoms with Crippen molar-refractivity contribution in [1.82, 2.24) is 4.98 Å². The molecular weight excluding hydrogens is 392 g/mol. The lowest BCUT2D eigenvalue weighted by Crippen LogP contribution is -2.57. The van der Waals surface area contributed by atoms with Crippen LogP contribution in [0.25, 0.3) is 0 Å². The highest BCUT2D eigenvalue weighted by molar-refractivity contribution is 7.15. The molecular formula is C21H32N2O5S. The summed E-state index contributed by atoms with van der Waals surface area (Å²) in [6.45, 7) is 9.29. The molecule has 5 atom stereocenters. The Balaban J connectivity index is 2.06. The third-order valence-corrected chi connectivity index (χ3v) is 8.18. The van der Waals surface area contributed by atoms with Crippen LogP contribution in [-0.2, 0) is 16.0 Å². The zero-order chi connectivity index (χ0) is 21.8. The molecule has 2 aliphatic carbocycles. The zero-order valence-corrected chi connectivity index (χ0v) is 18.6. The fourth-order valence-electron chi connectivity index (χ4n) is 5.16. The number of aromatic nitrogens is 1. The predicted molar refractivity (Wildman–Crippen MR) is 111 cm³/mol. The molecule has 4 N–H and O–H groups in total. The summed E-state index contributed by atoms with van der Waals surface area (Å²) in [5.41, 5.74) is -0.925. The van der Waals surface area contributed by atoms with E-state index >= 15 is 0 Å². The molecule has 0 bridgehead atoms. The van der Waals surface area contributed by atoms with Gasteiger partial charge in [-0.2, -0.15) is 0 Å². The van der Waals surface area contributed by atoms with Crippen LogP contribution >= 0.6 is 11.3 Å². The van der Waals surface area contributed by atoms with Crippen molar-refractivity contribution in [2.75, 3.05) is 11.9 Å². The highest BCUT2D eigenvalue weighted by Crippen LogP contribution is 2.62. The van der Waals surface area contributed by atoms with Crippen molar-refractivity contribution in [3.05, 3.63) is 10.6 Å². The second kappa shape index (κ2) is 7.32. The Labute approximate surface area is 175 Å². The first-order valence-electron chi connectivity index (χ1n) is 10.1. The van der Waals surface area contributed by atoms with Crippen molar-refractivity contribution in [3.63, 3.8) is 0 Å². The van der Waals surface area contributed by atoms with Gasteiger partial charge in [0, 0.05) is 21.6 Å². The number of carbonyl (C=O) groups is 2. The minimum atomic E-state index is -0.895. The first-order chi connectivity index (χ1) is 13.3. The maximum atomic E-state index is 12.4. The second-order valence-corrected chi connectivity index (χ2v) is 11.2. The van der Waals surface area contributed by atoms with Crippen molar-refractivity contribution >= 4 is 28.3 Å². The van der Waals surface area contributed by atoms with E-state index in [0.29, 0.717) is 24.4 Å². The number of aliphatic hydroxyl groups is 2. The van der Waals surface area contributed by atoms with Gasteiger partial charge in [0.25, 0.3) is 0 Å². The molecule has 8 heteroatoms. The fourth-order valence-corrected chi connectivity index (χ4v) is 6.22. The number of thiazole rings is 1. The molecule has 0 spiro atoms. The van der Waals surface area contributed by atoms with E-state index in [1.165, 1.54) is 11.3 Å². The second-order valence-electron chi connectivity index (χ2n) is 10.2. The van der Waals surface area contributed by atoms with Crippen molar-refractivity contribution in [3.8, 4) is 0 Å². The molecule has 162 valence electrons. The molecule has 29 heavy (non-hydrogen) atoms. The largest absolute Gasteiger partial charge is 0.481 e. The van der Waals surface area contributed by atoms with E-state index in [4.69, 9.17) is 0 Å². The summed E-state index contributed by atoms with van der Waals surface area (Å²) in [6, 6.07) is 0. The van der Waals surface area contributed by atoms with Gasteiger partial charge in [0.15, 0.2) is 5.13 Å². The van der Waals surface area contributed by atoms with Gasteiger partial charge in [-0.3, -0.25) is 9.59 Å². The Morgan fingerprint density at radius 1 is 1.31 bits per heavy atom. The van der Waals surface area contributed by atoms with Crippen LogP contribution in [0, 0.1) is 22.2 Å². The molecule has 0 aliphatic heterocycles. The number of amides is 1. The lowest BCUT2D eigenvalue weighted by atomic mass is 9.47. The Hall–Kier alpha value is -1.51. The smallest absolute Gasteiger partial charge is 0.304 e. The summed E-state index contributed by atoms with van der Waals surface area (Å²) < 4.78 is 0. The predicted octanol–water partition coefficient (Wildman–Crippen LogP) is 3.02. The maximum absolute atomic E-state index is 12.4. The van der Waals surface area contributed by atoms with E-state index in [0.717, 1.165) is 10.6 Å². The molecule has 0 radical (unpaired) electrons. The van der Waals surface area contributed by atoms with Crippen molar-refractivity contribution < 1.29 is 24.9 Å². The molecule has 1 saturated carbocycles. The van der Waals surface area contributed by atoms with Crippen LogP contribution in [0.3, 0.4) is 0 Å². The van der Waals surface area contributed by atoms with Gasteiger partial charge >= 0.3 is 5.97 Å². The summed E-state index contributed by atoms with van der Waals surface area (Å²) >= 11 is 1.38. The Kier molecular flexibility index (Phi) is 5.60. The number of aliphatic hydroxyl groups excluding tert-OH is 2. The van der Waals surface area contributed by atoms with Crippen molar-refractivity contribution in [2.24, 2.45) is 22.2 Å². The van der Waals surface area contributed by atoms with Gasteiger partial charge in [0.1, 0.15) is 0 Å². The lowest BCUT2D eigenvalue weighted by molar-refractivity contribution is -0.150. The first kappa shape index (κ1) is 22.2. The summed E-state index contributed by atoms with van der Waals surface area (Å²) in [5, 5.41) is 33.8. The number of carboxylic acids is 1. The quantitative estimate of drug-likeness (QED) is 0.590. The number of nitrogens with zero attached hydrogens (tertiary/aromatic N) is 1. The number of rotatable bonds is 4. The molecule has 1 aromatic rings. The van der Waals surface area contributed by atoms with E-state index in [-0.39, 0.29) is 30.8 Å². The minimum Gasteiger partial charge on any atom is -0.481 e. The topological polar surface area (TPSA) is 120 Å². The lowest BCUT2D eigenvalue weighted by Gasteiger charge is -2.58. The van der Waals surface area contributed by atoms with E-state index in [2.05, 4.69) is 17.2 Å². The minimum absolute atomic E-state index is 0.0615. The molecule has 2 aliphatic rings. The van der Waals surface area contributed by atoms with Crippen molar-refractivity contribution in [1.29, 1.82) is 0 Å². The molecule has 0 saturated heterocycles. The third-order valence-electron chi connectivity index (χ3n) is 7.17. The van der Waals surface area contributed by atoms with E-state index in [1.807, 2.05) is 27.7 Å². The van der Waals surface area contributed by atoms with Crippen LogP contribution in [0.15, 0.2) is 0 Å². The maximum Gasteiger partial charge on any atom is 0.304 e. The molecule has 3 rings (SSSR count). The summed E-state index contributed by atoms with van der Waals surface area (Å²) in [6.07, 6.45) is 1.11. The molecule has 0 unspecified atom stereocenters. The number of carbonyl (C=O) groups excluding carboxylic acids is 1. The average molecular weight is 425 g/mol. The van der Waals surface area contributed by atoms with E-state index in [1.54, 1.807) is 0 Å². The van der Waals surface area contributed by atoms with Crippen LogP contribution in [-0.4, -0.2) is 44.9 Å². The number of aliphatic carboxylic acids is 1. The summed E-state index contributed by atoms with van der Waals surface area (Å²) in [7, 11) is 0. The highest BCUT2D eigenvalue weighted by Gasteiger charge is 2.59. The number of anilines is 1. The third kappa shape index (κ3) is 3.70. The van der Waals surface area contributed by atoms with Gasteiger partial charge < -0.3 is 20.6 Å². The fraction of sp³-hybridized carbons (Fsp3) is 0.762. The van der Waals surface area contributed by atoms with Crippen LogP contribution in [0.4, 0.5) is 5.13 Å². The van der Waals surface area contributed by atoms with Crippen LogP contribution < -0.4 is 5.32 Å². The average Bonchev–Trinajstić information content (AvgIpc) is 3.01. The Bertz CT molecular complexity index is 816. The number of carboxylic acid groups (broad SMARTS) is 1. The number of hydrogen-bond acceptors (Lipinski definition) is 6. The first-order valence-corrected chi connectivity index (χ1v) is 11.0. The van der Waals surface area contributed by atoms with E-state index < -0.39 is 28.3 Å². The van der Waals surface area contributed by atoms with Gasteiger partial charge in [0.05, 0.1) is 24.8 Å². The SMILES string of the molecule is CC(C)(C)C(=O)Nc1nc2c(s1)C[C@@H]1[C@](C)(CO)[C@H](O)CC[C@@]1(C)[C@@H]2CC(=O)O. The van der Waals surface area contributed by atoms with Gasteiger partial charge in [-0.15, -0.1) is 11.3 Å². The Morgan fingerprint density at radius 3 is 2.52 bits per heavy atom. The highest BCUT2D eigenvalue weighted by atomic mass is 32.1. The Morgan fingerprint density at radius 2 is 1.97 bits per heavy atom. The molecule has 1 aromatic heterocycles. The van der Waals surface area contributed by atoms with Crippen molar-refractivity contribution in [2.45, 2.75) is 72.3 Å². The number of nitrogens with one attached hydrogen (secondary N) is 1. The summed E-state index contributed by atoms with van der Waals surface area (Å²) in [4.78, 5) is 29.7. The molecule has 1 fully saturated rings. The van der Waals surface area contributed by atoms with Crippen LogP contribution in [0.2, 0.25) is 0 Å².